The van der Waals surface area contributed by atoms with E-state index < -0.39 is 0 Å². The lowest BCUT2D eigenvalue weighted by atomic mass is 9.98. The van der Waals surface area contributed by atoms with Gasteiger partial charge in [0.05, 0.1) is 13.2 Å². The van der Waals surface area contributed by atoms with Crippen molar-refractivity contribution in [2.24, 2.45) is 0 Å². The van der Waals surface area contributed by atoms with E-state index in [0.717, 1.165) is 18.8 Å². The van der Waals surface area contributed by atoms with Gasteiger partial charge in [-0.3, -0.25) is 0 Å². The largest absolute Gasteiger partial charge is 0.399 e. The third-order valence-corrected chi connectivity index (χ3v) is 4.08. The molecule has 0 saturated heterocycles. The van der Waals surface area contributed by atoms with E-state index in [1.54, 1.807) is 0 Å². The van der Waals surface area contributed by atoms with Crippen LogP contribution in [0.1, 0.15) is 46.1 Å². The first-order valence-electron chi connectivity index (χ1n) is 8.31. The number of nitrogens with zero attached hydrogens (tertiary/aromatic N) is 1. The van der Waals surface area contributed by atoms with Gasteiger partial charge in [0, 0.05) is 35.9 Å². The first-order valence-corrected chi connectivity index (χ1v) is 8.31. The van der Waals surface area contributed by atoms with Crippen molar-refractivity contribution in [3.63, 3.8) is 0 Å². The van der Waals surface area contributed by atoms with Crippen LogP contribution >= 0.6 is 0 Å². The number of nitrogen functional groups attached to an aromatic ring is 1. The standard InChI is InChI=1S/C18H33N3O/c1-7-21(13(2)3)18-9-8-16(19)10-17(18)14(4)11-22-12-15(5)20-6/h8-10,13-15,20H,7,11-12,19H2,1-6H3. The molecule has 4 heteroatoms. The predicted octanol–water partition coefficient (Wildman–Crippen LogP) is 3.23. The number of nitrogens with one attached hydrogen (secondary N) is 1. The van der Waals surface area contributed by atoms with E-state index in [-0.39, 0.29) is 0 Å². The normalized spacial score (nSPS) is 14.1. The highest BCUT2D eigenvalue weighted by Gasteiger charge is 2.17. The average Bonchev–Trinajstić information content (AvgIpc) is 2.48. The molecule has 0 amide bonds. The summed E-state index contributed by atoms with van der Waals surface area (Å²) in [5.74, 6) is 0.315. The third kappa shape index (κ3) is 5.18. The molecule has 126 valence electrons. The highest BCUT2D eigenvalue weighted by Crippen LogP contribution is 2.31. The molecule has 1 aromatic carbocycles. The van der Waals surface area contributed by atoms with Crippen LogP contribution in [0.15, 0.2) is 18.2 Å². The van der Waals surface area contributed by atoms with Crippen molar-refractivity contribution in [1.29, 1.82) is 0 Å². The van der Waals surface area contributed by atoms with Gasteiger partial charge in [0.15, 0.2) is 0 Å². The number of hydrogen-bond donors (Lipinski definition) is 2. The van der Waals surface area contributed by atoms with Gasteiger partial charge in [-0.25, -0.2) is 0 Å². The Bertz CT molecular complexity index is 448. The van der Waals surface area contributed by atoms with E-state index in [0.29, 0.717) is 24.6 Å². The second kappa shape index (κ2) is 9.01. The Morgan fingerprint density at radius 2 is 1.86 bits per heavy atom. The first-order chi connectivity index (χ1) is 10.4. The fourth-order valence-electron chi connectivity index (χ4n) is 2.64. The summed E-state index contributed by atoms with van der Waals surface area (Å²) in [7, 11) is 1.95. The lowest BCUT2D eigenvalue weighted by molar-refractivity contribution is 0.108. The van der Waals surface area contributed by atoms with E-state index in [2.05, 4.69) is 57.0 Å². The zero-order valence-corrected chi connectivity index (χ0v) is 15.0. The maximum Gasteiger partial charge on any atom is 0.0617 e. The number of ether oxygens (including phenoxy) is 1. The average molecular weight is 307 g/mol. The minimum Gasteiger partial charge on any atom is -0.399 e. The predicted molar refractivity (Wildman–Crippen MR) is 96.8 cm³/mol. The Morgan fingerprint density at radius 3 is 2.41 bits per heavy atom. The van der Waals surface area contributed by atoms with Crippen molar-refractivity contribution in [2.45, 2.75) is 52.6 Å². The second-order valence-corrected chi connectivity index (χ2v) is 6.33. The quantitative estimate of drug-likeness (QED) is 0.688. The van der Waals surface area contributed by atoms with E-state index in [4.69, 9.17) is 10.5 Å². The maximum atomic E-state index is 6.01. The van der Waals surface area contributed by atoms with E-state index in [1.807, 2.05) is 13.1 Å². The zero-order chi connectivity index (χ0) is 16.7. The molecule has 4 nitrogen and oxygen atoms in total. The third-order valence-electron chi connectivity index (χ3n) is 4.08. The smallest absolute Gasteiger partial charge is 0.0617 e. The SMILES string of the molecule is CCN(c1ccc(N)cc1C(C)COCC(C)NC)C(C)C. The first kappa shape index (κ1) is 18.8. The topological polar surface area (TPSA) is 50.5 Å². The molecule has 0 spiro atoms. The molecule has 22 heavy (non-hydrogen) atoms. The number of nitrogens with two attached hydrogens (primary N) is 1. The van der Waals surface area contributed by atoms with Gasteiger partial charge in [0.2, 0.25) is 0 Å². The number of rotatable bonds is 9. The molecule has 2 unspecified atom stereocenters. The van der Waals surface area contributed by atoms with E-state index >= 15 is 0 Å². The number of benzene rings is 1. The van der Waals surface area contributed by atoms with Gasteiger partial charge < -0.3 is 20.7 Å². The summed E-state index contributed by atoms with van der Waals surface area (Å²) in [6.07, 6.45) is 0. The second-order valence-electron chi connectivity index (χ2n) is 6.33. The van der Waals surface area contributed by atoms with Gasteiger partial charge in [-0.15, -0.1) is 0 Å². The minimum absolute atomic E-state index is 0.315. The molecule has 0 heterocycles. The van der Waals surface area contributed by atoms with Gasteiger partial charge in [0.25, 0.3) is 0 Å². The number of anilines is 2. The summed E-state index contributed by atoms with van der Waals surface area (Å²) in [6.45, 7) is 13.4. The molecule has 2 atom stereocenters. The molecular formula is C18H33N3O. The Labute approximate surface area is 136 Å². The van der Waals surface area contributed by atoms with Crippen LogP contribution in [0.2, 0.25) is 0 Å². The fraction of sp³-hybridized carbons (Fsp3) is 0.667. The molecule has 1 rings (SSSR count). The van der Waals surface area contributed by atoms with Crippen molar-refractivity contribution < 1.29 is 4.74 Å². The highest BCUT2D eigenvalue weighted by molar-refractivity contribution is 5.61. The van der Waals surface area contributed by atoms with E-state index in [9.17, 15) is 0 Å². The highest BCUT2D eigenvalue weighted by atomic mass is 16.5. The lowest BCUT2D eigenvalue weighted by Crippen LogP contribution is -2.32. The van der Waals surface area contributed by atoms with Crippen molar-refractivity contribution >= 4 is 11.4 Å². The molecule has 3 N–H and O–H groups in total. The molecule has 0 aromatic heterocycles. The van der Waals surface area contributed by atoms with Gasteiger partial charge >= 0.3 is 0 Å². The van der Waals surface area contributed by atoms with Crippen LogP contribution in [0.5, 0.6) is 0 Å². The van der Waals surface area contributed by atoms with Crippen LogP contribution in [-0.2, 0) is 4.74 Å². The van der Waals surface area contributed by atoms with Crippen LogP contribution < -0.4 is 16.0 Å². The molecular weight excluding hydrogens is 274 g/mol. The summed E-state index contributed by atoms with van der Waals surface area (Å²) in [6, 6.07) is 7.05. The van der Waals surface area contributed by atoms with Crippen molar-refractivity contribution in [3.05, 3.63) is 23.8 Å². The molecule has 0 saturated carbocycles. The van der Waals surface area contributed by atoms with Gasteiger partial charge in [0.1, 0.15) is 0 Å². The Balaban J connectivity index is 2.89. The van der Waals surface area contributed by atoms with Gasteiger partial charge in [-0.05, 0) is 58.5 Å². The molecule has 1 aromatic rings. The van der Waals surface area contributed by atoms with Crippen molar-refractivity contribution in [3.8, 4) is 0 Å². The Morgan fingerprint density at radius 1 is 1.18 bits per heavy atom. The zero-order valence-electron chi connectivity index (χ0n) is 15.0. The van der Waals surface area contributed by atoms with E-state index in [1.165, 1.54) is 11.3 Å². The van der Waals surface area contributed by atoms with Crippen LogP contribution in [0, 0.1) is 0 Å². The Kier molecular flexibility index (Phi) is 7.69. The summed E-state index contributed by atoms with van der Waals surface area (Å²) in [5, 5.41) is 3.19. The fourth-order valence-corrected chi connectivity index (χ4v) is 2.64. The van der Waals surface area contributed by atoms with Crippen molar-refractivity contribution in [2.75, 3.05) is 37.4 Å². The monoisotopic (exact) mass is 307 g/mol. The van der Waals surface area contributed by atoms with Gasteiger partial charge in [-0.1, -0.05) is 6.92 Å². The van der Waals surface area contributed by atoms with Crippen LogP contribution in [0.4, 0.5) is 11.4 Å². The lowest BCUT2D eigenvalue weighted by Gasteiger charge is -2.31. The number of hydrogen-bond acceptors (Lipinski definition) is 4. The summed E-state index contributed by atoms with van der Waals surface area (Å²) >= 11 is 0. The van der Waals surface area contributed by atoms with Crippen molar-refractivity contribution in [1.82, 2.24) is 5.32 Å². The molecule has 0 bridgehead atoms. The summed E-state index contributed by atoms with van der Waals surface area (Å²) in [4.78, 5) is 2.40. The molecule has 0 aliphatic carbocycles. The molecule has 0 aliphatic heterocycles. The number of likely N-dealkylation sites (N-methyl/N-ethyl adjacent to an activating group) is 1. The molecule has 0 radical (unpaired) electrons. The molecule has 0 fully saturated rings. The molecule has 0 aliphatic rings. The van der Waals surface area contributed by atoms with Crippen LogP contribution in [-0.4, -0.2) is 38.9 Å². The maximum absolute atomic E-state index is 6.01. The summed E-state index contributed by atoms with van der Waals surface area (Å²) in [5.41, 5.74) is 9.36. The Hall–Kier alpha value is -1.26. The van der Waals surface area contributed by atoms with Gasteiger partial charge in [-0.2, -0.15) is 0 Å². The van der Waals surface area contributed by atoms with Crippen LogP contribution in [0.25, 0.3) is 0 Å². The minimum atomic E-state index is 0.315. The van der Waals surface area contributed by atoms with Crippen LogP contribution in [0.3, 0.4) is 0 Å². The summed E-state index contributed by atoms with van der Waals surface area (Å²) < 4.78 is 5.85.